The maximum atomic E-state index is 13.5. The predicted molar refractivity (Wildman–Crippen MR) is 128 cm³/mol. The normalized spacial score (nSPS) is 15.3. The number of ketones is 1. The molecule has 1 aromatic carbocycles. The minimum atomic E-state index is -1.50. The number of carbonyl (C=O) groups excluding carboxylic acids is 2. The second-order valence-electron chi connectivity index (χ2n) is 9.12. The molecule has 1 fully saturated rings. The summed E-state index contributed by atoms with van der Waals surface area (Å²) >= 11 is 0. The minimum Gasteiger partial charge on any atom is -0.455 e. The van der Waals surface area contributed by atoms with Gasteiger partial charge in [0.05, 0.1) is 11.4 Å². The standard InChI is InChI=1S/C26H31N3O5/c1-17-15-21(22(30)16-34-25(32)26(33)13-9-6-10-14-26)18(2)28(17)23-19(3)27(4)29(24(23)31)20-11-7-5-8-12-20/h5,7-8,11-12,15,33H,6,9-10,13-14,16H2,1-4H3. The fourth-order valence-corrected chi connectivity index (χ4v) is 4.88. The van der Waals surface area contributed by atoms with Gasteiger partial charge in [-0.05, 0) is 64.7 Å². The van der Waals surface area contributed by atoms with Gasteiger partial charge in [0.2, 0.25) is 5.78 Å². The Morgan fingerprint density at radius 3 is 2.32 bits per heavy atom. The molecule has 8 heteroatoms. The zero-order valence-corrected chi connectivity index (χ0v) is 20.1. The van der Waals surface area contributed by atoms with Crippen molar-refractivity contribution in [3.63, 3.8) is 0 Å². The fraction of sp³-hybridized carbons (Fsp3) is 0.423. The monoisotopic (exact) mass is 465 g/mol. The molecule has 0 bridgehead atoms. The molecule has 0 atom stereocenters. The number of rotatable bonds is 6. The summed E-state index contributed by atoms with van der Waals surface area (Å²) in [6.07, 6.45) is 3.21. The highest BCUT2D eigenvalue weighted by Crippen LogP contribution is 2.29. The van der Waals surface area contributed by atoms with E-state index in [-0.39, 0.29) is 11.3 Å². The highest BCUT2D eigenvalue weighted by atomic mass is 16.6. The Morgan fingerprint density at radius 1 is 1.03 bits per heavy atom. The van der Waals surface area contributed by atoms with E-state index in [1.54, 1.807) is 26.9 Å². The Kier molecular flexibility index (Phi) is 6.36. The fourth-order valence-electron chi connectivity index (χ4n) is 4.88. The van der Waals surface area contributed by atoms with E-state index in [9.17, 15) is 19.5 Å². The molecule has 0 amide bonds. The molecular weight excluding hydrogens is 434 g/mol. The molecular formula is C26H31N3O5. The van der Waals surface area contributed by atoms with Crippen LogP contribution in [0.5, 0.6) is 0 Å². The van der Waals surface area contributed by atoms with Crippen molar-refractivity contribution in [3.8, 4) is 11.4 Å². The molecule has 1 aliphatic carbocycles. The molecule has 8 nitrogen and oxygen atoms in total. The van der Waals surface area contributed by atoms with E-state index in [1.165, 1.54) is 0 Å². The van der Waals surface area contributed by atoms with Crippen LogP contribution in [0.4, 0.5) is 0 Å². The number of ether oxygens (including phenoxy) is 1. The minimum absolute atomic E-state index is 0.196. The molecule has 2 aromatic heterocycles. The summed E-state index contributed by atoms with van der Waals surface area (Å²) in [7, 11) is 1.82. The van der Waals surface area contributed by atoms with Gasteiger partial charge in [0, 0.05) is 24.0 Å². The first-order chi connectivity index (χ1) is 16.2. The highest BCUT2D eigenvalue weighted by molar-refractivity contribution is 5.99. The molecule has 34 heavy (non-hydrogen) atoms. The van der Waals surface area contributed by atoms with Gasteiger partial charge in [-0.1, -0.05) is 24.6 Å². The number of aromatic nitrogens is 3. The predicted octanol–water partition coefficient (Wildman–Crippen LogP) is 3.31. The van der Waals surface area contributed by atoms with Gasteiger partial charge in [-0.3, -0.25) is 14.3 Å². The second-order valence-corrected chi connectivity index (χ2v) is 9.12. The van der Waals surface area contributed by atoms with Crippen LogP contribution >= 0.6 is 0 Å². The summed E-state index contributed by atoms with van der Waals surface area (Å²) in [5.41, 5.74) is 1.97. The van der Waals surface area contributed by atoms with Crippen LogP contribution in [0.15, 0.2) is 41.2 Å². The maximum absolute atomic E-state index is 13.5. The maximum Gasteiger partial charge on any atom is 0.338 e. The molecule has 1 N–H and O–H groups in total. The molecule has 3 aromatic rings. The number of benzene rings is 1. The lowest BCUT2D eigenvalue weighted by atomic mass is 9.85. The molecule has 1 saturated carbocycles. The van der Waals surface area contributed by atoms with Crippen molar-refractivity contribution in [1.29, 1.82) is 0 Å². The van der Waals surface area contributed by atoms with Crippen LogP contribution in [0.2, 0.25) is 0 Å². The Bertz CT molecular complexity index is 1290. The van der Waals surface area contributed by atoms with Gasteiger partial charge >= 0.3 is 5.97 Å². The molecule has 0 saturated heterocycles. The zero-order chi connectivity index (χ0) is 24.6. The average molecular weight is 466 g/mol. The van der Waals surface area contributed by atoms with E-state index < -0.39 is 18.2 Å². The van der Waals surface area contributed by atoms with Crippen molar-refractivity contribution in [2.45, 2.75) is 58.5 Å². The van der Waals surface area contributed by atoms with Crippen molar-refractivity contribution in [1.82, 2.24) is 13.9 Å². The van der Waals surface area contributed by atoms with Crippen LogP contribution in [0.25, 0.3) is 11.4 Å². The quantitative estimate of drug-likeness (QED) is 0.445. The Labute approximate surface area is 198 Å². The van der Waals surface area contributed by atoms with Gasteiger partial charge in [-0.2, -0.15) is 0 Å². The highest BCUT2D eigenvalue weighted by Gasteiger charge is 2.39. The van der Waals surface area contributed by atoms with Crippen LogP contribution in [-0.2, 0) is 16.6 Å². The summed E-state index contributed by atoms with van der Waals surface area (Å²) in [6.45, 7) is 5.02. The number of hydrogen-bond acceptors (Lipinski definition) is 5. The molecule has 0 aliphatic heterocycles. The Hall–Kier alpha value is -3.39. The topological polar surface area (TPSA) is 95.5 Å². The van der Waals surface area contributed by atoms with Gasteiger partial charge < -0.3 is 14.4 Å². The third-order valence-electron chi connectivity index (χ3n) is 6.87. The summed E-state index contributed by atoms with van der Waals surface area (Å²) in [5.74, 6) is -1.11. The van der Waals surface area contributed by atoms with Gasteiger partial charge in [-0.15, -0.1) is 0 Å². The number of esters is 1. The lowest BCUT2D eigenvalue weighted by molar-refractivity contribution is -0.167. The number of aryl methyl sites for hydroxylation is 1. The summed E-state index contributed by atoms with van der Waals surface area (Å²) in [6, 6.07) is 11.1. The number of carbonyl (C=O) groups is 2. The third-order valence-corrected chi connectivity index (χ3v) is 6.87. The second kappa shape index (κ2) is 9.10. The lowest BCUT2D eigenvalue weighted by Crippen LogP contribution is -2.42. The summed E-state index contributed by atoms with van der Waals surface area (Å²) < 4.78 is 10.4. The average Bonchev–Trinajstić information content (AvgIpc) is 3.23. The van der Waals surface area contributed by atoms with Crippen LogP contribution in [-0.4, -0.2) is 43.0 Å². The first-order valence-corrected chi connectivity index (χ1v) is 11.6. The van der Waals surface area contributed by atoms with Gasteiger partial charge in [0.25, 0.3) is 5.56 Å². The van der Waals surface area contributed by atoms with E-state index in [4.69, 9.17) is 4.74 Å². The summed E-state index contributed by atoms with van der Waals surface area (Å²) in [4.78, 5) is 38.8. The van der Waals surface area contributed by atoms with Crippen molar-refractivity contribution in [3.05, 3.63) is 69.4 Å². The van der Waals surface area contributed by atoms with E-state index in [0.29, 0.717) is 29.8 Å². The van der Waals surface area contributed by atoms with Crippen molar-refractivity contribution < 1.29 is 19.4 Å². The zero-order valence-electron chi connectivity index (χ0n) is 20.1. The lowest BCUT2D eigenvalue weighted by Gasteiger charge is -2.29. The molecule has 1 aliphatic rings. The van der Waals surface area contributed by atoms with Crippen LogP contribution in [0.3, 0.4) is 0 Å². The molecule has 0 radical (unpaired) electrons. The van der Waals surface area contributed by atoms with Crippen LogP contribution in [0, 0.1) is 20.8 Å². The first kappa shape index (κ1) is 23.8. The number of para-hydroxylation sites is 1. The van der Waals surface area contributed by atoms with E-state index in [0.717, 1.165) is 36.3 Å². The molecule has 4 rings (SSSR count). The Morgan fingerprint density at radius 2 is 1.68 bits per heavy atom. The van der Waals surface area contributed by atoms with E-state index in [2.05, 4.69) is 0 Å². The third kappa shape index (κ3) is 4.03. The SMILES string of the molecule is Cc1cc(C(=O)COC(=O)C2(O)CCCCC2)c(C)n1-c1c(C)n(C)n(-c2ccccc2)c1=O. The van der Waals surface area contributed by atoms with Gasteiger partial charge in [0.15, 0.2) is 12.2 Å². The smallest absolute Gasteiger partial charge is 0.338 e. The Balaban J connectivity index is 1.63. The van der Waals surface area contributed by atoms with Gasteiger partial charge in [0.1, 0.15) is 5.69 Å². The van der Waals surface area contributed by atoms with Crippen molar-refractivity contribution in [2.24, 2.45) is 7.05 Å². The van der Waals surface area contributed by atoms with Crippen molar-refractivity contribution in [2.75, 3.05) is 6.61 Å². The molecule has 180 valence electrons. The molecule has 0 unspecified atom stereocenters. The molecule has 0 spiro atoms. The van der Waals surface area contributed by atoms with Crippen molar-refractivity contribution >= 4 is 11.8 Å². The number of Topliss-reactive ketones (excluding diaryl/α,β-unsaturated/α-hetero) is 1. The largest absolute Gasteiger partial charge is 0.455 e. The van der Waals surface area contributed by atoms with E-state index in [1.807, 2.05) is 51.2 Å². The number of hydrogen-bond donors (Lipinski definition) is 1. The summed E-state index contributed by atoms with van der Waals surface area (Å²) in [5, 5.41) is 10.5. The van der Waals surface area contributed by atoms with Gasteiger partial charge in [-0.25, -0.2) is 9.48 Å². The van der Waals surface area contributed by atoms with Crippen LogP contribution in [0.1, 0.15) is 59.5 Å². The number of nitrogens with zero attached hydrogens (tertiary/aromatic N) is 3. The number of aliphatic hydroxyl groups is 1. The molecule has 2 heterocycles. The van der Waals surface area contributed by atoms with E-state index >= 15 is 0 Å². The first-order valence-electron chi connectivity index (χ1n) is 11.6. The van der Waals surface area contributed by atoms with Crippen LogP contribution < -0.4 is 5.56 Å².